The lowest BCUT2D eigenvalue weighted by molar-refractivity contribution is -0.143. The zero-order valence-corrected chi connectivity index (χ0v) is 10.4. The molecule has 0 radical (unpaired) electrons. The fourth-order valence-corrected chi connectivity index (χ4v) is 3.41. The highest BCUT2D eigenvalue weighted by molar-refractivity contribution is 5.71. The van der Waals surface area contributed by atoms with Gasteiger partial charge in [0.15, 0.2) is 0 Å². The van der Waals surface area contributed by atoms with Gasteiger partial charge in [-0.2, -0.15) is 0 Å². The quantitative estimate of drug-likeness (QED) is 0.800. The summed E-state index contributed by atoms with van der Waals surface area (Å²) < 4.78 is 0. The molecule has 2 aliphatic rings. The molecule has 3 nitrogen and oxygen atoms in total. The number of nitrogens with zero attached hydrogens (tertiary/aromatic N) is 1. The Kier molecular flexibility index (Phi) is 3.53. The van der Waals surface area contributed by atoms with Gasteiger partial charge in [0, 0.05) is 19.1 Å². The number of hydrogen-bond acceptors (Lipinski definition) is 2. The van der Waals surface area contributed by atoms with Crippen LogP contribution in [0.15, 0.2) is 0 Å². The van der Waals surface area contributed by atoms with Crippen molar-refractivity contribution in [2.75, 3.05) is 13.1 Å². The molecule has 1 N–H and O–H groups in total. The monoisotopic (exact) mass is 225 g/mol. The summed E-state index contributed by atoms with van der Waals surface area (Å²) in [5.41, 5.74) is 0. The highest BCUT2D eigenvalue weighted by Crippen LogP contribution is 2.39. The van der Waals surface area contributed by atoms with Gasteiger partial charge in [-0.1, -0.05) is 25.7 Å². The molecular weight excluding hydrogens is 202 g/mol. The minimum absolute atomic E-state index is 0.120. The van der Waals surface area contributed by atoms with E-state index in [2.05, 4.69) is 18.7 Å². The zero-order chi connectivity index (χ0) is 11.7. The van der Waals surface area contributed by atoms with E-state index in [4.69, 9.17) is 0 Å². The molecule has 2 fully saturated rings. The number of likely N-dealkylation sites (tertiary alicyclic amines) is 1. The lowest BCUT2D eigenvalue weighted by atomic mass is 9.83. The highest BCUT2D eigenvalue weighted by atomic mass is 16.4. The fourth-order valence-electron chi connectivity index (χ4n) is 3.41. The van der Waals surface area contributed by atoms with Gasteiger partial charge in [-0.15, -0.1) is 0 Å². The molecule has 2 rings (SSSR count). The zero-order valence-electron chi connectivity index (χ0n) is 10.4. The van der Waals surface area contributed by atoms with Crippen molar-refractivity contribution < 1.29 is 9.90 Å². The van der Waals surface area contributed by atoms with Crippen molar-refractivity contribution >= 4 is 5.97 Å². The number of carbonyl (C=O) groups is 1. The molecule has 0 aromatic carbocycles. The van der Waals surface area contributed by atoms with Crippen LogP contribution < -0.4 is 0 Å². The smallest absolute Gasteiger partial charge is 0.308 e. The van der Waals surface area contributed by atoms with Gasteiger partial charge in [-0.25, -0.2) is 0 Å². The van der Waals surface area contributed by atoms with Crippen LogP contribution in [0.5, 0.6) is 0 Å². The lowest BCUT2D eigenvalue weighted by Crippen LogP contribution is -2.29. The summed E-state index contributed by atoms with van der Waals surface area (Å²) in [4.78, 5) is 13.6. The van der Waals surface area contributed by atoms with Gasteiger partial charge < -0.3 is 5.11 Å². The van der Waals surface area contributed by atoms with Crippen molar-refractivity contribution in [1.29, 1.82) is 0 Å². The third-order valence-corrected chi connectivity index (χ3v) is 4.45. The van der Waals surface area contributed by atoms with E-state index in [1.54, 1.807) is 0 Å². The van der Waals surface area contributed by atoms with Crippen LogP contribution in [0.2, 0.25) is 0 Å². The molecule has 0 bridgehead atoms. The van der Waals surface area contributed by atoms with Crippen LogP contribution in [0.3, 0.4) is 0 Å². The van der Waals surface area contributed by atoms with E-state index in [0.717, 1.165) is 13.1 Å². The van der Waals surface area contributed by atoms with Crippen LogP contribution in [0, 0.1) is 17.8 Å². The van der Waals surface area contributed by atoms with Gasteiger partial charge >= 0.3 is 5.97 Å². The first-order chi connectivity index (χ1) is 7.59. The van der Waals surface area contributed by atoms with Crippen molar-refractivity contribution in [3.05, 3.63) is 0 Å². The predicted octanol–water partition coefficient (Wildman–Crippen LogP) is 2.22. The Balaban J connectivity index is 2.05. The molecule has 1 aliphatic heterocycles. The molecule has 92 valence electrons. The van der Waals surface area contributed by atoms with Crippen molar-refractivity contribution in [3.63, 3.8) is 0 Å². The van der Waals surface area contributed by atoms with Gasteiger partial charge in [0.2, 0.25) is 0 Å². The Bertz CT molecular complexity index is 259. The maximum absolute atomic E-state index is 11.3. The molecular formula is C13H23NO2. The Morgan fingerprint density at radius 3 is 2.38 bits per heavy atom. The minimum atomic E-state index is -0.583. The second kappa shape index (κ2) is 4.74. The SMILES string of the molecule is CC(C)N1C[C@@H](C(=O)O)[C@H](C2CCCC2)C1. The molecule has 0 spiro atoms. The molecule has 3 heteroatoms. The third-order valence-electron chi connectivity index (χ3n) is 4.45. The van der Waals surface area contributed by atoms with E-state index in [-0.39, 0.29) is 5.92 Å². The molecule has 0 amide bonds. The van der Waals surface area contributed by atoms with Crippen molar-refractivity contribution in [3.8, 4) is 0 Å². The number of carboxylic acids is 1. The molecule has 0 aromatic heterocycles. The van der Waals surface area contributed by atoms with Crippen molar-refractivity contribution in [1.82, 2.24) is 4.90 Å². The third kappa shape index (κ3) is 2.24. The summed E-state index contributed by atoms with van der Waals surface area (Å²) in [6.07, 6.45) is 5.10. The normalized spacial score (nSPS) is 32.7. The average molecular weight is 225 g/mol. The van der Waals surface area contributed by atoms with Crippen LogP contribution >= 0.6 is 0 Å². The topological polar surface area (TPSA) is 40.5 Å². The molecule has 16 heavy (non-hydrogen) atoms. The Hall–Kier alpha value is -0.570. The van der Waals surface area contributed by atoms with Crippen LogP contribution in [0.4, 0.5) is 0 Å². The van der Waals surface area contributed by atoms with E-state index < -0.39 is 5.97 Å². The van der Waals surface area contributed by atoms with E-state index in [9.17, 15) is 9.90 Å². The maximum Gasteiger partial charge on any atom is 0.308 e. The second-order valence-electron chi connectivity index (χ2n) is 5.70. The number of carboxylic acid groups (broad SMARTS) is 1. The fraction of sp³-hybridized carbons (Fsp3) is 0.923. The maximum atomic E-state index is 11.3. The predicted molar refractivity (Wildman–Crippen MR) is 63.3 cm³/mol. The molecule has 1 saturated carbocycles. The standard InChI is InChI=1S/C13H23NO2/c1-9(2)14-7-11(10-5-3-4-6-10)12(8-14)13(15)16/h9-12H,3-8H2,1-2H3,(H,15,16)/t11-,12+/m0/s1. The highest BCUT2D eigenvalue weighted by Gasteiger charge is 2.42. The molecule has 0 aromatic rings. The van der Waals surface area contributed by atoms with Gasteiger partial charge in [0.25, 0.3) is 0 Å². The first-order valence-corrected chi connectivity index (χ1v) is 6.56. The minimum Gasteiger partial charge on any atom is -0.481 e. The van der Waals surface area contributed by atoms with Crippen LogP contribution in [0.1, 0.15) is 39.5 Å². The van der Waals surface area contributed by atoms with Gasteiger partial charge in [-0.05, 0) is 25.7 Å². The summed E-state index contributed by atoms with van der Waals surface area (Å²) in [5, 5.41) is 9.32. The number of rotatable bonds is 3. The van der Waals surface area contributed by atoms with Crippen molar-refractivity contribution in [2.45, 2.75) is 45.6 Å². The van der Waals surface area contributed by atoms with E-state index in [0.29, 0.717) is 17.9 Å². The van der Waals surface area contributed by atoms with Crippen molar-refractivity contribution in [2.24, 2.45) is 17.8 Å². The Morgan fingerprint density at radius 2 is 1.88 bits per heavy atom. The summed E-state index contributed by atoms with van der Waals surface area (Å²) in [7, 11) is 0. The number of hydrogen-bond donors (Lipinski definition) is 1. The first-order valence-electron chi connectivity index (χ1n) is 6.56. The second-order valence-corrected chi connectivity index (χ2v) is 5.70. The van der Waals surface area contributed by atoms with E-state index in [1.165, 1.54) is 25.7 Å². The summed E-state index contributed by atoms with van der Waals surface area (Å²) in [6.45, 7) is 6.08. The molecule has 1 saturated heterocycles. The average Bonchev–Trinajstić information content (AvgIpc) is 2.86. The van der Waals surface area contributed by atoms with E-state index >= 15 is 0 Å². The molecule has 1 heterocycles. The first kappa shape index (κ1) is 11.9. The van der Waals surface area contributed by atoms with Crippen LogP contribution in [-0.2, 0) is 4.79 Å². The van der Waals surface area contributed by atoms with Gasteiger partial charge in [0.1, 0.15) is 0 Å². The molecule has 2 atom stereocenters. The Morgan fingerprint density at radius 1 is 1.25 bits per heavy atom. The summed E-state index contributed by atoms with van der Waals surface area (Å²) in [5.74, 6) is 0.373. The summed E-state index contributed by atoms with van der Waals surface area (Å²) >= 11 is 0. The van der Waals surface area contributed by atoms with Gasteiger partial charge in [0.05, 0.1) is 5.92 Å². The van der Waals surface area contributed by atoms with Crippen LogP contribution in [-0.4, -0.2) is 35.1 Å². The molecule has 1 aliphatic carbocycles. The van der Waals surface area contributed by atoms with Gasteiger partial charge in [-0.3, -0.25) is 9.69 Å². The van der Waals surface area contributed by atoms with Crippen LogP contribution in [0.25, 0.3) is 0 Å². The van der Waals surface area contributed by atoms with E-state index in [1.807, 2.05) is 0 Å². The molecule has 0 unspecified atom stereocenters. The largest absolute Gasteiger partial charge is 0.481 e. The number of aliphatic carboxylic acids is 1. The Labute approximate surface area is 97.8 Å². The lowest BCUT2D eigenvalue weighted by Gasteiger charge is -2.23. The summed E-state index contributed by atoms with van der Waals surface area (Å²) in [6, 6.07) is 0.480.